The molecule has 2 aromatic carbocycles. The fourth-order valence-electron chi connectivity index (χ4n) is 3.64. The summed E-state index contributed by atoms with van der Waals surface area (Å²) in [6.07, 6.45) is 1.60. The Morgan fingerprint density at radius 1 is 1.31 bits per heavy atom. The third kappa shape index (κ3) is 4.18. The van der Waals surface area contributed by atoms with Crippen LogP contribution in [0.15, 0.2) is 59.0 Å². The van der Waals surface area contributed by atoms with E-state index >= 15 is 0 Å². The highest BCUT2D eigenvalue weighted by atomic mass is 19.1. The van der Waals surface area contributed by atoms with E-state index in [1.165, 1.54) is 13.1 Å². The molecule has 2 heterocycles. The van der Waals surface area contributed by atoms with E-state index < -0.39 is 11.6 Å². The molecule has 0 amide bonds. The lowest BCUT2D eigenvalue weighted by atomic mass is 10.1. The number of guanidine groups is 1. The molecule has 166 valence electrons. The van der Waals surface area contributed by atoms with Crippen molar-refractivity contribution in [3.05, 3.63) is 60.4 Å². The van der Waals surface area contributed by atoms with Crippen molar-refractivity contribution in [3.8, 4) is 5.75 Å². The Labute approximate surface area is 184 Å². The first kappa shape index (κ1) is 21.5. The topological polar surface area (TPSA) is 77.9 Å². The van der Waals surface area contributed by atoms with E-state index in [1.807, 2.05) is 36.9 Å². The standard InChI is InChI=1S/C23H24F2N6O/c1-13(2)31-7-8-32-22-17(25)9-15(10-20(22)31)21(14(3)24)30-23(26-4)29-16-5-6-18-19(11-16)28-12-27-18/h5-6,9-13H,3,7-8H2,1-2,4H3,(H,26,29)(H,27,28). The number of nitrogens with zero attached hydrogens (tertiary/aromatic N) is 4. The van der Waals surface area contributed by atoms with Crippen molar-refractivity contribution in [2.45, 2.75) is 19.9 Å². The Morgan fingerprint density at radius 3 is 2.84 bits per heavy atom. The monoisotopic (exact) mass is 438 g/mol. The van der Waals surface area contributed by atoms with Gasteiger partial charge >= 0.3 is 0 Å². The Morgan fingerprint density at radius 2 is 2.12 bits per heavy atom. The van der Waals surface area contributed by atoms with Crippen molar-refractivity contribution < 1.29 is 13.5 Å². The van der Waals surface area contributed by atoms with Crippen LogP contribution < -0.4 is 15.0 Å². The molecular weight excluding hydrogens is 414 g/mol. The van der Waals surface area contributed by atoms with E-state index in [4.69, 9.17) is 4.74 Å². The number of rotatable bonds is 4. The summed E-state index contributed by atoms with van der Waals surface area (Å²) < 4.78 is 34.9. The molecule has 0 saturated heterocycles. The SMILES string of the molecule is C=C(F)C(=NC(=NC)Nc1ccc2nc[nH]c2c1)c1cc(F)c2c(c1)N(C(C)C)CCO2. The zero-order valence-corrected chi connectivity index (χ0v) is 18.1. The van der Waals surface area contributed by atoms with Crippen LogP contribution in [-0.2, 0) is 0 Å². The third-order valence-corrected chi connectivity index (χ3v) is 5.17. The maximum absolute atomic E-state index is 14.9. The van der Waals surface area contributed by atoms with E-state index in [1.54, 1.807) is 12.4 Å². The van der Waals surface area contributed by atoms with Crippen LogP contribution in [0.4, 0.5) is 20.2 Å². The van der Waals surface area contributed by atoms with Crippen LogP contribution in [0.2, 0.25) is 0 Å². The predicted octanol–water partition coefficient (Wildman–Crippen LogP) is 4.68. The van der Waals surface area contributed by atoms with Gasteiger partial charge in [0.15, 0.2) is 11.6 Å². The molecule has 0 fully saturated rings. The van der Waals surface area contributed by atoms with Gasteiger partial charge in [0, 0.05) is 24.3 Å². The molecule has 0 saturated carbocycles. The van der Waals surface area contributed by atoms with Gasteiger partial charge in [-0.3, -0.25) is 4.99 Å². The highest BCUT2D eigenvalue weighted by Gasteiger charge is 2.26. The average Bonchev–Trinajstić information content (AvgIpc) is 3.23. The molecule has 4 rings (SSSR count). The molecule has 2 N–H and O–H groups in total. The van der Waals surface area contributed by atoms with E-state index in [9.17, 15) is 8.78 Å². The van der Waals surface area contributed by atoms with Gasteiger partial charge in [0.25, 0.3) is 0 Å². The number of benzene rings is 2. The van der Waals surface area contributed by atoms with Crippen molar-refractivity contribution in [1.82, 2.24) is 9.97 Å². The predicted molar refractivity (Wildman–Crippen MR) is 124 cm³/mol. The van der Waals surface area contributed by atoms with E-state index in [-0.39, 0.29) is 29.0 Å². The van der Waals surface area contributed by atoms with Gasteiger partial charge in [-0.1, -0.05) is 6.58 Å². The van der Waals surface area contributed by atoms with Crippen LogP contribution in [0.5, 0.6) is 5.75 Å². The van der Waals surface area contributed by atoms with Crippen molar-refractivity contribution in [3.63, 3.8) is 0 Å². The van der Waals surface area contributed by atoms with Crippen LogP contribution in [0, 0.1) is 5.82 Å². The highest BCUT2D eigenvalue weighted by Crippen LogP contribution is 2.37. The van der Waals surface area contributed by atoms with Gasteiger partial charge in [0.05, 0.1) is 29.6 Å². The smallest absolute Gasteiger partial charge is 0.222 e. The Balaban J connectivity index is 1.71. The van der Waals surface area contributed by atoms with Gasteiger partial charge in [-0.15, -0.1) is 0 Å². The van der Waals surface area contributed by atoms with Crippen LogP contribution in [0.25, 0.3) is 11.0 Å². The van der Waals surface area contributed by atoms with Gasteiger partial charge in [-0.2, -0.15) is 0 Å². The zero-order chi connectivity index (χ0) is 22.8. The second kappa shape index (κ2) is 8.78. The summed E-state index contributed by atoms with van der Waals surface area (Å²) in [5.74, 6) is -1.07. The number of hydrogen-bond acceptors (Lipinski definition) is 4. The fraction of sp³-hybridized carbons (Fsp3) is 0.261. The second-order valence-corrected chi connectivity index (χ2v) is 7.61. The summed E-state index contributed by atoms with van der Waals surface area (Å²) in [4.78, 5) is 17.6. The van der Waals surface area contributed by atoms with E-state index in [0.29, 0.717) is 24.5 Å². The first-order valence-corrected chi connectivity index (χ1v) is 10.2. The third-order valence-electron chi connectivity index (χ3n) is 5.17. The molecule has 0 radical (unpaired) electrons. The van der Waals surface area contributed by atoms with Crippen molar-refractivity contribution in [1.29, 1.82) is 0 Å². The summed E-state index contributed by atoms with van der Waals surface area (Å²) in [6.45, 7) is 8.40. The lowest BCUT2D eigenvalue weighted by Crippen LogP contribution is -2.38. The normalized spacial score (nSPS) is 14.5. The molecule has 9 heteroatoms. The number of halogens is 2. The second-order valence-electron chi connectivity index (χ2n) is 7.61. The molecule has 0 unspecified atom stereocenters. The van der Waals surface area contributed by atoms with Crippen molar-refractivity contribution >= 4 is 34.1 Å². The van der Waals surface area contributed by atoms with Crippen LogP contribution in [0.3, 0.4) is 0 Å². The molecule has 1 aliphatic heterocycles. The minimum Gasteiger partial charge on any atom is -0.486 e. The van der Waals surface area contributed by atoms with Gasteiger partial charge in [0.2, 0.25) is 5.96 Å². The van der Waals surface area contributed by atoms with Gasteiger partial charge in [-0.25, -0.2) is 18.8 Å². The number of imidazole rings is 1. The van der Waals surface area contributed by atoms with E-state index in [2.05, 4.69) is 31.8 Å². The summed E-state index contributed by atoms with van der Waals surface area (Å²) >= 11 is 0. The number of nitrogens with one attached hydrogen (secondary N) is 2. The lowest BCUT2D eigenvalue weighted by molar-refractivity contribution is 0.287. The molecule has 0 aliphatic carbocycles. The molecule has 0 bridgehead atoms. The number of aliphatic imine (C=N–C) groups is 2. The Hall–Kier alpha value is -3.75. The largest absolute Gasteiger partial charge is 0.486 e. The number of H-pyrrole nitrogens is 1. The van der Waals surface area contributed by atoms with Crippen LogP contribution >= 0.6 is 0 Å². The first-order valence-electron chi connectivity index (χ1n) is 10.2. The first-order chi connectivity index (χ1) is 15.4. The molecule has 1 aromatic heterocycles. The minimum atomic E-state index is -0.802. The average molecular weight is 438 g/mol. The molecule has 1 aliphatic rings. The number of hydrogen-bond donors (Lipinski definition) is 2. The number of allylic oxidation sites excluding steroid dienone is 1. The molecular formula is C23H24F2N6O. The summed E-state index contributed by atoms with van der Waals surface area (Å²) in [5.41, 5.74) is 3.02. The number of ether oxygens (including phenoxy) is 1. The van der Waals surface area contributed by atoms with E-state index in [0.717, 1.165) is 11.0 Å². The Kier molecular flexibility index (Phi) is 5.89. The minimum absolute atomic E-state index is 0.114. The summed E-state index contributed by atoms with van der Waals surface area (Å²) in [5, 5.41) is 3.05. The maximum atomic E-state index is 14.9. The van der Waals surface area contributed by atoms with Gasteiger partial charge in [0.1, 0.15) is 18.1 Å². The number of anilines is 2. The van der Waals surface area contributed by atoms with Crippen LogP contribution in [0.1, 0.15) is 19.4 Å². The molecule has 0 atom stereocenters. The number of fused-ring (bicyclic) bond motifs is 2. The summed E-state index contributed by atoms with van der Waals surface area (Å²) in [6, 6.07) is 8.47. The van der Waals surface area contributed by atoms with Gasteiger partial charge in [-0.05, 0) is 44.2 Å². The molecule has 32 heavy (non-hydrogen) atoms. The molecule has 3 aromatic rings. The van der Waals surface area contributed by atoms with Crippen LogP contribution in [-0.4, -0.2) is 47.9 Å². The maximum Gasteiger partial charge on any atom is 0.222 e. The number of aromatic amines is 1. The van der Waals surface area contributed by atoms with Crippen molar-refractivity contribution in [2.24, 2.45) is 9.98 Å². The van der Waals surface area contributed by atoms with Gasteiger partial charge < -0.3 is 19.9 Å². The quantitative estimate of drug-likeness (QED) is 0.458. The van der Waals surface area contributed by atoms with Crippen molar-refractivity contribution in [2.75, 3.05) is 30.4 Å². The zero-order valence-electron chi connectivity index (χ0n) is 18.1. The number of aromatic nitrogens is 2. The highest BCUT2D eigenvalue weighted by molar-refractivity contribution is 6.17. The molecule has 0 spiro atoms. The Bertz CT molecular complexity index is 1230. The molecule has 7 nitrogen and oxygen atoms in total. The fourth-order valence-corrected chi connectivity index (χ4v) is 3.64. The summed E-state index contributed by atoms with van der Waals surface area (Å²) in [7, 11) is 1.53. The lowest BCUT2D eigenvalue weighted by Gasteiger charge is -2.34.